The van der Waals surface area contributed by atoms with Gasteiger partial charge in [-0.3, -0.25) is 9.59 Å². The molecule has 1 aliphatic rings. The zero-order valence-electron chi connectivity index (χ0n) is 15.7. The summed E-state index contributed by atoms with van der Waals surface area (Å²) in [6, 6.07) is 2.51. The highest BCUT2D eigenvalue weighted by Gasteiger charge is 2.21. The van der Waals surface area contributed by atoms with Gasteiger partial charge in [0.2, 0.25) is 11.8 Å². The second-order valence-corrected chi connectivity index (χ2v) is 7.27. The van der Waals surface area contributed by atoms with Gasteiger partial charge in [0.05, 0.1) is 5.56 Å². The summed E-state index contributed by atoms with van der Waals surface area (Å²) >= 11 is 0. The van der Waals surface area contributed by atoms with Gasteiger partial charge in [0, 0.05) is 12.1 Å². The number of aromatic carboxylic acids is 1. The Morgan fingerprint density at radius 3 is 2.38 bits per heavy atom. The third-order valence-corrected chi connectivity index (χ3v) is 5.03. The monoisotopic (exact) mass is 360 g/mol. The maximum absolute atomic E-state index is 12.4. The standard InChI is InChI=1S/C20H28N2O4/c1-12-9-13(2)17(11-16(12)20(25)26)22-19(24)14(3)21-18(23)10-15-7-5-4-6-8-15/h9,11,14-15H,4-8,10H2,1-3H3,(H,21,23)(H,22,24)(H,25,26). The number of anilines is 1. The number of aryl methyl sites for hydroxylation is 2. The van der Waals surface area contributed by atoms with E-state index in [4.69, 9.17) is 0 Å². The number of nitrogens with one attached hydrogen (secondary N) is 2. The highest BCUT2D eigenvalue weighted by Crippen LogP contribution is 2.26. The minimum absolute atomic E-state index is 0.105. The lowest BCUT2D eigenvalue weighted by molar-refractivity contribution is -0.126. The first-order valence-electron chi connectivity index (χ1n) is 9.22. The van der Waals surface area contributed by atoms with Crippen molar-refractivity contribution in [2.45, 2.75) is 65.3 Å². The number of benzene rings is 1. The van der Waals surface area contributed by atoms with E-state index in [2.05, 4.69) is 10.6 Å². The third kappa shape index (κ3) is 5.31. The third-order valence-electron chi connectivity index (χ3n) is 5.03. The van der Waals surface area contributed by atoms with E-state index in [-0.39, 0.29) is 17.4 Å². The predicted molar refractivity (Wildman–Crippen MR) is 100 cm³/mol. The normalized spacial score (nSPS) is 16.0. The SMILES string of the molecule is Cc1cc(C)c(C(=O)O)cc1NC(=O)C(C)NC(=O)CC1CCCCC1. The number of carbonyl (C=O) groups excluding carboxylic acids is 2. The van der Waals surface area contributed by atoms with E-state index in [0.29, 0.717) is 23.6 Å². The number of amides is 2. The quantitative estimate of drug-likeness (QED) is 0.724. The largest absolute Gasteiger partial charge is 0.478 e. The molecule has 1 aliphatic carbocycles. The molecule has 6 nitrogen and oxygen atoms in total. The van der Waals surface area contributed by atoms with Crippen LogP contribution in [0.3, 0.4) is 0 Å². The number of carboxylic acids is 1. The molecule has 6 heteroatoms. The molecule has 0 heterocycles. The smallest absolute Gasteiger partial charge is 0.336 e. The van der Waals surface area contributed by atoms with Gasteiger partial charge in [-0.25, -0.2) is 4.79 Å². The zero-order valence-corrected chi connectivity index (χ0v) is 15.7. The molecule has 2 amide bonds. The summed E-state index contributed by atoms with van der Waals surface area (Å²) in [4.78, 5) is 35.8. The highest BCUT2D eigenvalue weighted by molar-refractivity contribution is 5.99. The van der Waals surface area contributed by atoms with E-state index >= 15 is 0 Å². The molecule has 1 aromatic rings. The van der Waals surface area contributed by atoms with Crippen LogP contribution in [0.4, 0.5) is 5.69 Å². The van der Waals surface area contributed by atoms with E-state index in [1.807, 2.05) is 0 Å². The molecule has 1 atom stereocenters. The van der Waals surface area contributed by atoms with Crippen LogP contribution in [0.1, 0.15) is 66.9 Å². The average Bonchev–Trinajstić information content (AvgIpc) is 2.57. The van der Waals surface area contributed by atoms with Crippen LogP contribution in [-0.4, -0.2) is 28.9 Å². The topological polar surface area (TPSA) is 95.5 Å². The molecule has 0 spiro atoms. The molecule has 26 heavy (non-hydrogen) atoms. The van der Waals surface area contributed by atoms with E-state index in [0.717, 1.165) is 18.4 Å². The molecule has 142 valence electrons. The summed E-state index contributed by atoms with van der Waals surface area (Å²) in [6.07, 6.45) is 6.21. The molecule has 0 saturated heterocycles. The van der Waals surface area contributed by atoms with Crippen molar-refractivity contribution in [3.05, 3.63) is 28.8 Å². The molecular formula is C20H28N2O4. The molecule has 0 bridgehead atoms. The van der Waals surface area contributed by atoms with Gasteiger partial charge in [0.25, 0.3) is 0 Å². The van der Waals surface area contributed by atoms with Gasteiger partial charge >= 0.3 is 5.97 Å². The van der Waals surface area contributed by atoms with Crippen molar-refractivity contribution in [3.63, 3.8) is 0 Å². The molecular weight excluding hydrogens is 332 g/mol. The van der Waals surface area contributed by atoms with E-state index in [1.165, 1.54) is 25.3 Å². The van der Waals surface area contributed by atoms with E-state index < -0.39 is 12.0 Å². The molecule has 0 aromatic heterocycles. The first kappa shape index (κ1) is 19.9. The fourth-order valence-electron chi connectivity index (χ4n) is 3.48. The Bertz CT molecular complexity index is 693. The van der Waals surface area contributed by atoms with Gasteiger partial charge in [0.1, 0.15) is 6.04 Å². The van der Waals surface area contributed by atoms with Crippen LogP contribution in [0.15, 0.2) is 12.1 Å². The lowest BCUT2D eigenvalue weighted by Gasteiger charge is -2.22. The summed E-state index contributed by atoms with van der Waals surface area (Å²) in [5, 5.41) is 14.7. The lowest BCUT2D eigenvalue weighted by atomic mass is 9.87. The zero-order chi connectivity index (χ0) is 19.3. The maximum Gasteiger partial charge on any atom is 0.336 e. The van der Waals surface area contributed by atoms with Crippen LogP contribution in [0.2, 0.25) is 0 Å². The van der Waals surface area contributed by atoms with Crippen LogP contribution in [0.25, 0.3) is 0 Å². The molecule has 1 unspecified atom stereocenters. The number of carboxylic acid groups (broad SMARTS) is 1. The molecule has 1 fully saturated rings. The van der Waals surface area contributed by atoms with Gasteiger partial charge < -0.3 is 15.7 Å². The number of carbonyl (C=O) groups is 3. The fraction of sp³-hybridized carbons (Fsp3) is 0.550. The van der Waals surface area contributed by atoms with Gasteiger partial charge in [0.15, 0.2) is 0 Å². The summed E-state index contributed by atoms with van der Waals surface area (Å²) in [6.45, 7) is 5.16. The lowest BCUT2D eigenvalue weighted by Crippen LogP contribution is -2.42. The van der Waals surface area contributed by atoms with E-state index in [9.17, 15) is 19.5 Å². The Kier molecular flexibility index (Phi) is 6.77. The first-order chi connectivity index (χ1) is 12.3. The van der Waals surface area contributed by atoms with Crippen LogP contribution in [-0.2, 0) is 9.59 Å². The minimum atomic E-state index is -1.04. The molecule has 3 N–H and O–H groups in total. The van der Waals surface area contributed by atoms with Crippen molar-refractivity contribution in [3.8, 4) is 0 Å². The Hall–Kier alpha value is -2.37. The Labute approximate surface area is 154 Å². The fourth-order valence-corrected chi connectivity index (χ4v) is 3.48. The molecule has 1 saturated carbocycles. The highest BCUT2D eigenvalue weighted by atomic mass is 16.4. The van der Waals surface area contributed by atoms with Gasteiger partial charge in [-0.2, -0.15) is 0 Å². The average molecular weight is 360 g/mol. The van der Waals surface area contributed by atoms with Crippen molar-refractivity contribution in [1.82, 2.24) is 5.32 Å². The second-order valence-electron chi connectivity index (χ2n) is 7.27. The summed E-state index contributed by atoms with van der Waals surface area (Å²) < 4.78 is 0. The van der Waals surface area contributed by atoms with Gasteiger partial charge in [-0.05, 0) is 56.7 Å². The van der Waals surface area contributed by atoms with E-state index in [1.54, 1.807) is 26.8 Å². The van der Waals surface area contributed by atoms with Crippen LogP contribution >= 0.6 is 0 Å². The first-order valence-corrected chi connectivity index (χ1v) is 9.22. The van der Waals surface area contributed by atoms with Crippen molar-refractivity contribution >= 4 is 23.5 Å². The van der Waals surface area contributed by atoms with Crippen LogP contribution in [0.5, 0.6) is 0 Å². The van der Waals surface area contributed by atoms with Crippen molar-refractivity contribution in [2.75, 3.05) is 5.32 Å². The Balaban J connectivity index is 1.95. The van der Waals surface area contributed by atoms with Gasteiger partial charge in [-0.1, -0.05) is 25.3 Å². The Morgan fingerprint density at radius 2 is 1.77 bits per heavy atom. The van der Waals surface area contributed by atoms with Crippen LogP contribution in [0, 0.1) is 19.8 Å². The van der Waals surface area contributed by atoms with Crippen molar-refractivity contribution in [2.24, 2.45) is 5.92 Å². The van der Waals surface area contributed by atoms with Crippen LogP contribution < -0.4 is 10.6 Å². The summed E-state index contributed by atoms with van der Waals surface area (Å²) in [5.74, 6) is -1.08. The van der Waals surface area contributed by atoms with Crippen molar-refractivity contribution in [1.29, 1.82) is 0 Å². The second kappa shape index (κ2) is 8.83. The predicted octanol–water partition coefficient (Wildman–Crippen LogP) is 3.42. The summed E-state index contributed by atoms with van der Waals surface area (Å²) in [7, 11) is 0. The molecule has 0 aliphatic heterocycles. The number of hydrogen-bond acceptors (Lipinski definition) is 3. The molecule has 0 radical (unpaired) electrons. The number of hydrogen-bond donors (Lipinski definition) is 3. The number of rotatable bonds is 6. The van der Waals surface area contributed by atoms with Crippen molar-refractivity contribution < 1.29 is 19.5 Å². The molecule has 1 aromatic carbocycles. The Morgan fingerprint density at radius 1 is 1.12 bits per heavy atom. The van der Waals surface area contributed by atoms with Gasteiger partial charge in [-0.15, -0.1) is 0 Å². The minimum Gasteiger partial charge on any atom is -0.478 e. The summed E-state index contributed by atoms with van der Waals surface area (Å²) in [5.41, 5.74) is 2.02. The maximum atomic E-state index is 12.4. The molecule has 2 rings (SSSR count).